The zero-order valence-electron chi connectivity index (χ0n) is 15.5. The van der Waals surface area contributed by atoms with E-state index in [1.165, 1.54) is 16.8 Å². The van der Waals surface area contributed by atoms with Crippen LogP contribution in [0.1, 0.15) is 32.6 Å². The molecule has 0 aliphatic carbocycles. The lowest BCUT2D eigenvalue weighted by molar-refractivity contribution is -0.136. The molecular weight excluding hydrogens is 426 g/mol. The van der Waals surface area contributed by atoms with Gasteiger partial charge >= 0.3 is 5.97 Å². The maximum Gasteiger partial charge on any atom is 0.341 e. The van der Waals surface area contributed by atoms with Crippen LogP contribution >= 0.6 is 34.4 Å². The van der Waals surface area contributed by atoms with Crippen LogP contribution in [0.2, 0.25) is 0 Å². The monoisotopic (exact) mass is 443 g/mol. The summed E-state index contributed by atoms with van der Waals surface area (Å²) < 4.78 is 5.29. The lowest BCUT2D eigenvalue weighted by Gasteiger charge is -2.20. The normalized spacial score (nSPS) is 16.0. The molecule has 0 aromatic carbocycles. The minimum absolute atomic E-state index is 0.182. The van der Waals surface area contributed by atoms with Crippen LogP contribution in [0.25, 0.3) is 0 Å². The van der Waals surface area contributed by atoms with Crippen LogP contribution in [-0.4, -0.2) is 40.4 Å². The molecule has 29 heavy (non-hydrogen) atoms. The van der Waals surface area contributed by atoms with E-state index in [0.717, 1.165) is 15.5 Å². The molecule has 9 heteroatoms. The number of carbonyl (C=O) groups is 2. The number of thiophene rings is 2. The van der Waals surface area contributed by atoms with Crippen molar-refractivity contribution in [3.63, 3.8) is 0 Å². The summed E-state index contributed by atoms with van der Waals surface area (Å²) in [5.41, 5.74) is 1.22. The third-order valence-electron chi connectivity index (χ3n) is 4.35. The van der Waals surface area contributed by atoms with Crippen molar-refractivity contribution in [3.05, 3.63) is 68.7 Å². The van der Waals surface area contributed by atoms with Crippen molar-refractivity contribution < 1.29 is 14.3 Å². The molecule has 3 aromatic heterocycles. The Kier molecular flexibility index (Phi) is 6.08. The molecule has 0 spiro atoms. The summed E-state index contributed by atoms with van der Waals surface area (Å²) in [5, 5.41) is 10.6. The first-order valence-electron chi connectivity index (χ1n) is 8.80. The molecule has 1 atom stereocenters. The van der Waals surface area contributed by atoms with Crippen LogP contribution in [0.4, 0.5) is 0 Å². The van der Waals surface area contributed by atoms with Gasteiger partial charge in [-0.1, -0.05) is 12.1 Å². The first kappa shape index (κ1) is 19.8. The second-order valence-electron chi connectivity index (χ2n) is 6.13. The van der Waals surface area contributed by atoms with Crippen molar-refractivity contribution in [2.75, 3.05) is 12.9 Å². The van der Waals surface area contributed by atoms with E-state index in [2.05, 4.69) is 10.1 Å². The molecule has 6 nitrogen and oxygen atoms in total. The van der Waals surface area contributed by atoms with Crippen LogP contribution < -0.4 is 0 Å². The minimum Gasteiger partial charge on any atom is -0.452 e. The van der Waals surface area contributed by atoms with Gasteiger partial charge in [0, 0.05) is 17.5 Å². The molecule has 0 bridgehead atoms. The first-order valence-corrected chi connectivity index (χ1v) is 11.8. The Hall–Kier alpha value is -2.49. The van der Waals surface area contributed by atoms with Gasteiger partial charge < -0.3 is 4.74 Å². The number of carbonyl (C=O) groups excluding carboxylic acids is 2. The van der Waals surface area contributed by atoms with E-state index in [9.17, 15) is 9.59 Å². The van der Waals surface area contributed by atoms with Gasteiger partial charge in [0.2, 0.25) is 0 Å². The van der Waals surface area contributed by atoms with Crippen molar-refractivity contribution in [2.45, 2.75) is 17.5 Å². The van der Waals surface area contributed by atoms with Gasteiger partial charge in [-0.2, -0.15) is 5.10 Å². The average molecular weight is 444 g/mol. The molecule has 0 fully saturated rings. The fraction of sp³-hybridized carbons (Fsp3) is 0.200. The third-order valence-corrected chi connectivity index (χ3v) is 6.96. The van der Waals surface area contributed by atoms with Crippen LogP contribution in [0.3, 0.4) is 0 Å². The SMILES string of the molecule is CSc1ncccc1C(=O)OCC(=O)N1N=C(c2cccs2)CC1c1cccs1. The Labute approximate surface area is 180 Å². The number of aromatic nitrogens is 1. The molecular formula is C20H17N3O3S3. The molecule has 4 rings (SSSR count). The highest BCUT2D eigenvalue weighted by Gasteiger charge is 2.34. The molecule has 3 aromatic rings. The topological polar surface area (TPSA) is 71.9 Å². The highest BCUT2D eigenvalue weighted by Crippen LogP contribution is 2.36. The number of hydrogen-bond donors (Lipinski definition) is 0. The first-order chi connectivity index (χ1) is 14.2. The number of nitrogens with zero attached hydrogens (tertiary/aromatic N) is 3. The number of esters is 1. The lowest BCUT2D eigenvalue weighted by atomic mass is 10.1. The smallest absolute Gasteiger partial charge is 0.341 e. The number of thioether (sulfide) groups is 1. The van der Waals surface area contributed by atoms with E-state index < -0.39 is 5.97 Å². The largest absolute Gasteiger partial charge is 0.452 e. The molecule has 1 unspecified atom stereocenters. The fourth-order valence-corrected chi connectivity index (χ4v) is 5.08. The highest BCUT2D eigenvalue weighted by molar-refractivity contribution is 7.98. The highest BCUT2D eigenvalue weighted by atomic mass is 32.2. The second-order valence-corrected chi connectivity index (χ2v) is 8.86. The van der Waals surface area contributed by atoms with E-state index in [4.69, 9.17) is 4.74 Å². The van der Waals surface area contributed by atoms with Gasteiger partial charge in [0.15, 0.2) is 6.61 Å². The minimum atomic E-state index is -0.565. The predicted molar refractivity (Wildman–Crippen MR) is 116 cm³/mol. The van der Waals surface area contributed by atoms with Gasteiger partial charge in [-0.15, -0.1) is 34.4 Å². The van der Waals surface area contributed by atoms with Crippen LogP contribution in [0.15, 0.2) is 63.5 Å². The van der Waals surface area contributed by atoms with Crippen LogP contribution in [-0.2, 0) is 9.53 Å². The van der Waals surface area contributed by atoms with E-state index in [-0.39, 0.29) is 18.6 Å². The number of amides is 1. The van der Waals surface area contributed by atoms with Crippen LogP contribution in [0, 0.1) is 0 Å². The van der Waals surface area contributed by atoms with Gasteiger partial charge in [-0.25, -0.2) is 14.8 Å². The number of pyridine rings is 1. The molecule has 148 valence electrons. The summed E-state index contributed by atoms with van der Waals surface area (Å²) >= 11 is 4.53. The summed E-state index contributed by atoms with van der Waals surface area (Å²) in [6.07, 6.45) is 4.09. The van der Waals surface area contributed by atoms with Gasteiger partial charge in [-0.3, -0.25) is 4.79 Å². The van der Waals surface area contributed by atoms with E-state index in [1.54, 1.807) is 41.0 Å². The summed E-state index contributed by atoms with van der Waals surface area (Å²) in [4.78, 5) is 31.6. The van der Waals surface area contributed by atoms with Gasteiger partial charge in [0.05, 0.1) is 22.2 Å². The molecule has 0 radical (unpaired) electrons. The molecule has 4 heterocycles. The molecule has 1 aliphatic rings. The average Bonchev–Trinajstić information content (AvgIpc) is 3.51. The zero-order chi connectivity index (χ0) is 20.2. The Morgan fingerprint density at radius 3 is 2.76 bits per heavy atom. The molecule has 0 saturated heterocycles. The molecule has 0 saturated carbocycles. The molecule has 0 N–H and O–H groups in total. The van der Waals surface area contributed by atoms with E-state index in [1.807, 2.05) is 41.3 Å². The second kappa shape index (κ2) is 8.89. The quantitative estimate of drug-likeness (QED) is 0.415. The summed E-state index contributed by atoms with van der Waals surface area (Å²) in [6, 6.07) is 11.0. The molecule has 1 amide bonds. The number of ether oxygens (including phenoxy) is 1. The maximum atomic E-state index is 12.9. The summed E-state index contributed by atoms with van der Waals surface area (Å²) in [6.45, 7) is -0.370. The third kappa shape index (κ3) is 4.26. The summed E-state index contributed by atoms with van der Waals surface area (Å²) in [7, 11) is 0. The van der Waals surface area contributed by atoms with Gasteiger partial charge in [-0.05, 0) is 41.3 Å². The van der Waals surface area contributed by atoms with Crippen molar-refractivity contribution in [3.8, 4) is 0 Å². The number of hydrogen-bond acceptors (Lipinski definition) is 8. The molecule has 1 aliphatic heterocycles. The van der Waals surface area contributed by atoms with E-state index in [0.29, 0.717) is 17.0 Å². The Morgan fingerprint density at radius 1 is 1.21 bits per heavy atom. The van der Waals surface area contributed by atoms with E-state index >= 15 is 0 Å². The van der Waals surface area contributed by atoms with Crippen molar-refractivity contribution in [1.29, 1.82) is 0 Å². The van der Waals surface area contributed by atoms with Gasteiger partial charge in [0.25, 0.3) is 5.91 Å². The summed E-state index contributed by atoms with van der Waals surface area (Å²) in [5.74, 6) is -0.914. The maximum absolute atomic E-state index is 12.9. The van der Waals surface area contributed by atoms with Crippen molar-refractivity contribution in [1.82, 2.24) is 9.99 Å². The lowest BCUT2D eigenvalue weighted by Crippen LogP contribution is -2.31. The number of hydrazone groups is 1. The Morgan fingerprint density at radius 2 is 2.03 bits per heavy atom. The van der Waals surface area contributed by atoms with Gasteiger partial charge in [0.1, 0.15) is 5.03 Å². The predicted octanol–water partition coefficient (Wildman–Crippen LogP) is 4.46. The Bertz CT molecular complexity index is 1030. The van der Waals surface area contributed by atoms with Crippen molar-refractivity contribution in [2.24, 2.45) is 5.10 Å². The Balaban J connectivity index is 1.50. The zero-order valence-corrected chi connectivity index (χ0v) is 17.9. The fourth-order valence-electron chi connectivity index (χ4n) is 3.01. The van der Waals surface area contributed by atoms with Crippen LogP contribution in [0.5, 0.6) is 0 Å². The standard InChI is InChI=1S/C20H17N3O3S3/c1-27-19-13(5-2-8-21-19)20(25)26-12-18(24)23-15(17-7-4-10-29-17)11-14(22-23)16-6-3-9-28-16/h2-10,15H,11-12H2,1H3. The van der Waals surface area contributed by atoms with Crippen molar-refractivity contribution >= 4 is 52.0 Å². The number of rotatable bonds is 6.